The molecule has 8 nitrogen and oxygen atoms in total. The van der Waals surface area contributed by atoms with Crippen molar-refractivity contribution in [1.82, 2.24) is 14.5 Å². The molecule has 4 aromatic rings. The number of aromatic nitrogens is 3. The lowest BCUT2D eigenvalue weighted by atomic mass is 10.0. The molecule has 2 aromatic heterocycles. The van der Waals surface area contributed by atoms with Crippen LogP contribution in [0.3, 0.4) is 0 Å². The number of fused-ring (bicyclic) bond motifs is 1. The minimum absolute atomic E-state index is 0.187. The summed E-state index contributed by atoms with van der Waals surface area (Å²) in [7, 11) is 0. The number of hydrogen-bond acceptors (Lipinski definition) is 7. The van der Waals surface area contributed by atoms with Gasteiger partial charge in [0.15, 0.2) is 5.78 Å². The summed E-state index contributed by atoms with van der Waals surface area (Å²) in [6, 6.07) is 13.9. The fraction of sp³-hybridized carbons (Fsp3) is 0.321. The van der Waals surface area contributed by atoms with Crippen molar-refractivity contribution in [3.05, 3.63) is 89.8 Å². The number of carbonyl (C=O) groups excluding carboxylic acids is 1. The molecule has 38 heavy (non-hydrogen) atoms. The number of nitrogens with zero attached hydrogens (tertiary/aromatic N) is 3. The first kappa shape index (κ1) is 26.3. The predicted octanol–water partition coefficient (Wildman–Crippen LogP) is 3.61. The third-order valence-electron chi connectivity index (χ3n) is 7.20. The maximum atomic E-state index is 13.8. The Bertz CT molecular complexity index is 1430. The van der Waals surface area contributed by atoms with E-state index in [4.69, 9.17) is 5.14 Å². The molecule has 1 fully saturated rings. The van der Waals surface area contributed by atoms with Gasteiger partial charge in [0.2, 0.25) is 0 Å². The van der Waals surface area contributed by atoms with E-state index < -0.39 is 17.5 Å². The number of aliphatic hydroxyl groups excluding tert-OH is 1. The normalized spacial score (nSPS) is 20.1. The smallest absolute Gasteiger partial charge is 0.200 e. The van der Waals surface area contributed by atoms with Gasteiger partial charge in [0.1, 0.15) is 23.7 Å². The number of aryl methyl sites for hydroxylation is 2. The molecule has 0 spiro atoms. The van der Waals surface area contributed by atoms with Gasteiger partial charge in [-0.05, 0) is 55.4 Å². The molecular formula is C28H30FN5O3S. The standard InChI is InChI=1S/C28H30FN5O3S/c29-20-5-3-4-18(12-20)8-10-34-16-23(21-6-1-2-7-25(21)34)27(36)22-15-31-17-32-28(22)33-24-13-19(14-26(24)35)9-11-38(30)37/h1-7,12,15-17,19,24,26,35H,8-11,13-14,30H2,(H,31,32,33)/t19?,24?,26-,38?/m1/s1. The van der Waals surface area contributed by atoms with Crippen LogP contribution in [-0.4, -0.2) is 47.9 Å². The van der Waals surface area contributed by atoms with Gasteiger partial charge < -0.3 is 19.5 Å². The molecule has 0 radical (unpaired) electrons. The highest BCUT2D eigenvalue weighted by molar-refractivity contribution is 7.89. The Morgan fingerprint density at radius 2 is 2.05 bits per heavy atom. The maximum Gasteiger partial charge on any atom is 0.200 e. The van der Waals surface area contributed by atoms with E-state index in [1.165, 1.54) is 24.7 Å². The summed E-state index contributed by atoms with van der Waals surface area (Å²) in [6.07, 6.45) is 6.60. The summed E-state index contributed by atoms with van der Waals surface area (Å²) < 4.78 is 26.9. The molecule has 2 heterocycles. The van der Waals surface area contributed by atoms with Crippen LogP contribution in [0.4, 0.5) is 10.2 Å². The highest BCUT2D eigenvalue weighted by Gasteiger charge is 2.34. The average molecular weight is 536 g/mol. The van der Waals surface area contributed by atoms with E-state index in [1.807, 2.05) is 41.1 Å². The number of nitrogens with two attached hydrogens (primary N) is 1. The molecule has 0 amide bonds. The predicted molar refractivity (Wildman–Crippen MR) is 145 cm³/mol. The molecule has 4 atom stereocenters. The van der Waals surface area contributed by atoms with Crippen LogP contribution in [-0.2, 0) is 24.3 Å². The Balaban J connectivity index is 1.38. The Morgan fingerprint density at radius 1 is 1.21 bits per heavy atom. The van der Waals surface area contributed by atoms with Crippen LogP contribution in [0.2, 0.25) is 0 Å². The van der Waals surface area contributed by atoms with Crippen LogP contribution in [0.5, 0.6) is 0 Å². The molecule has 1 saturated carbocycles. The van der Waals surface area contributed by atoms with E-state index in [0.29, 0.717) is 54.9 Å². The van der Waals surface area contributed by atoms with Gasteiger partial charge in [0, 0.05) is 46.8 Å². The van der Waals surface area contributed by atoms with Gasteiger partial charge in [0.05, 0.1) is 17.7 Å². The number of hydrogen-bond donors (Lipinski definition) is 3. The largest absolute Gasteiger partial charge is 0.598 e. The van der Waals surface area contributed by atoms with E-state index in [-0.39, 0.29) is 23.6 Å². The third kappa shape index (κ3) is 5.88. The van der Waals surface area contributed by atoms with Gasteiger partial charge in [-0.2, -0.15) is 5.14 Å². The molecule has 2 aromatic carbocycles. The van der Waals surface area contributed by atoms with Crippen molar-refractivity contribution in [2.75, 3.05) is 11.1 Å². The van der Waals surface area contributed by atoms with Crippen molar-refractivity contribution >= 4 is 33.9 Å². The number of anilines is 1. The number of nitrogens with one attached hydrogen (secondary N) is 1. The highest BCUT2D eigenvalue weighted by atomic mass is 32.2. The first-order valence-electron chi connectivity index (χ1n) is 12.6. The molecule has 3 unspecified atom stereocenters. The summed E-state index contributed by atoms with van der Waals surface area (Å²) in [4.78, 5) is 22.2. The van der Waals surface area contributed by atoms with Crippen LogP contribution in [0, 0.1) is 11.7 Å². The van der Waals surface area contributed by atoms with E-state index >= 15 is 0 Å². The number of benzene rings is 2. The molecule has 5 rings (SSSR count). The van der Waals surface area contributed by atoms with E-state index in [9.17, 15) is 18.8 Å². The Morgan fingerprint density at radius 3 is 2.87 bits per heavy atom. The number of carbonyl (C=O) groups is 1. The van der Waals surface area contributed by atoms with Crippen molar-refractivity contribution in [3.8, 4) is 0 Å². The summed E-state index contributed by atoms with van der Waals surface area (Å²) in [6.45, 7) is 0.580. The zero-order valence-corrected chi connectivity index (χ0v) is 21.6. The minimum atomic E-state index is -1.36. The van der Waals surface area contributed by atoms with E-state index in [1.54, 1.807) is 6.07 Å². The van der Waals surface area contributed by atoms with Crippen molar-refractivity contribution < 1.29 is 18.8 Å². The molecule has 10 heteroatoms. The van der Waals surface area contributed by atoms with E-state index in [2.05, 4.69) is 15.3 Å². The third-order valence-corrected chi connectivity index (χ3v) is 7.83. The lowest BCUT2D eigenvalue weighted by Crippen LogP contribution is -2.29. The molecular weight excluding hydrogens is 505 g/mol. The van der Waals surface area contributed by atoms with Crippen LogP contribution in [0.1, 0.15) is 40.7 Å². The van der Waals surface area contributed by atoms with Crippen LogP contribution in [0.15, 0.2) is 67.3 Å². The summed E-state index contributed by atoms with van der Waals surface area (Å²) in [5, 5.41) is 20.1. The second kappa shape index (κ2) is 11.6. The van der Waals surface area contributed by atoms with Gasteiger partial charge in [-0.25, -0.2) is 14.4 Å². The number of ketones is 1. The molecule has 0 bridgehead atoms. The van der Waals surface area contributed by atoms with E-state index in [0.717, 1.165) is 16.5 Å². The maximum absolute atomic E-state index is 13.8. The fourth-order valence-corrected chi connectivity index (χ4v) is 5.84. The minimum Gasteiger partial charge on any atom is -0.598 e. The lowest BCUT2D eigenvalue weighted by Gasteiger charge is -2.18. The Labute approximate surface area is 223 Å². The monoisotopic (exact) mass is 535 g/mol. The topological polar surface area (TPSA) is 129 Å². The Kier molecular flexibility index (Phi) is 8.04. The zero-order valence-electron chi connectivity index (χ0n) is 20.8. The first-order valence-corrected chi connectivity index (χ1v) is 14.0. The van der Waals surface area contributed by atoms with Crippen molar-refractivity contribution in [1.29, 1.82) is 0 Å². The van der Waals surface area contributed by atoms with Gasteiger partial charge in [0.25, 0.3) is 0 Å². The molecule has 0 aliphatic heterocycles. The first-order chi connectivity index (χ1) is 18.4. The average Bonchev–Trinajstić information content (AvgIpc) is 3.46. The summed E-state index contributed by atoms with van der Waals surface area (Å²) >= 11 is -1.36. The molecule has 1 aliphatic rings. The van der Waals surface area contributed by atoms with Gasteiger partial charge in [-0.1, -0.05) is 30.3 Å². The van der Waals surface area contributed by atoms with Gasteiger partial charge in [-0.15, -0.1) is 0 Å². The van der Waals surface area contributed by atoms with Crippen molar-refractivity contribution in [2.45, 2.75) is 44.4 Å². The Hall–Kier alpha value is -3.31. The SMILES string of the molecule is N[S+]([O-])CCC1CC(Nc2ncncc2C(=O)c2cn(CCc3cccc(F)c3)c3ccccc23)[C@H](O)C1. The number of halogens is 1. The van der Waals surface area contributed by atoms with Crippen LogP contribution in [0.25, 0.3) is 10.9 Å². The number of para-hydroxylation sites is 1. The second-order valence-electron chi connectivity index (χ2n) is 9.78. The molecule has 198 valence electrons. The molecule has 1 aliphatic carbocycles. The van der Waals surface area contributed by atoms with Gasteiger partial charge in [-0.3, -0.25) is 4.79 Å². The summed E-state index contributed by atoms with van der Waals surface area (Å²) in [5.41, 5.74) is 2.63. The fourth-order valence-electron chi connectivity index (χ4n) is 5.28. The highest BCUT2D eigenvalue weighted by Crippen LogP contribution is 2.32. The summed E-state index contributed by atoms with van der Waals surface area (Å²) in [5.74, 6) is 0.454. The van der Waals surface area contributed by atoms with Crippen molar-refractivity contribution in [3.63, 3.8) is 0 Å². The van der Waals surface area contributed by atoms with Gasteiger partial charge >= 0.3 is 0 Å². The van der Waals surface area contributed by atoms with Crippen LogP contribution < -0.4 is 10.5 Å². The van der Waals surface area contributed by atoms with Crippen LogP contribution >= 0.6 is 0 Å². The molecule has 0 saturated heterocycles. The zero-order chi connectivity index (χ0) is 26.6. The quantitative estimate of drug-likeness (QED) is 0.209. The lowest BCUT2D eigenvalue weighted by molar-refractivity contribution is 0.103. The number of rotatable bonds is 10. The number of aliphatic hydroxyl groups is 1. The molecule has 4 N–H and O–H groups in total. The second-order valence-corrected chi connectivity index (χ2v) is 10.9. The van der Waals surface area contributed by atoms with Crippen molar-refractivity contribution in [2.24, 2.45) is 11.1 Å².